The summed E-state index contributed by atoms with van der Waals surface area (Å²) in [5.74, 6) is 1.10. The second kappa shape index (κ2) is 7.67. The number of aromatic amines is 1. The third kappa shape index (κ3) is 3.12. The molecular weight excluding hydrogens is 349 g/mol. The van der Waals surface area contributed by atoms with Crippen LogP contribution in [0.2, 0.25) is 0 Å². The van der Waals surface area contributed by atoms with Crippen LogP contribution in [0.25, 0.3) is 11.0 Å². The van der Waals surface area contributed by atoms with E-state index in [1.165, 1.54) is 6.33 Å². The number of aromatic nitrogens is 3. The Kier molecular flexibility index (Phi) is 6.72. The summed E-state index contributed by atoms with van der Waals surface area (Å²) in [6, 6.07) is -0.515. The Hall–Kier alpha value is -0.770. The van der Waals surface area contributed by atoms with Crippen molar-refractivity contribution in [3.8, 4) is 0 Å². The Labute approximate surface area is 144 Å². The van der Waals surface area contributed by atoms with Crippen molar-refractivity contribution in [3.05, 3.63) is 18.1 Å². The smallest absolute Gasteiger partial charge is 0.151 e. The van der Waals surface area contributed by atoms with Gasteiger partial charge in [0.1, 0.15) is 17.9 Å². The van der Waals surface area contributed by atoms with E-state index in [4.69, 9.17) is 5.73 Å². The Morgan fingerprint density at radius 2 is 2.00 bits per heavy atom. The van der Waals surface area contributed by atoms with E-state index in [2.05, 4.69) is 20.3 Å². The molecule has 0 bridgehead atoms. The summed E-state index contributed by atoms with van der Waals surface area (Å²) < 4.78 is 0. The molecule has 1 fully saturated rings. The minimum Gasteiger partial charge on any atom is -0.389 e. The number of thioether (sulfide) groups is 1. The van der Waals surface area contributed by atoms with Gasteiger partial charge in [-0.05, 0) is 6.26 Å². The predicted molar refractivity (Wildman–Crippen MR) is 92.9 cm³/mol. The van der Waals surface area contributed by atoms with Crippen LogP contribution in [0.1, 0.15) is 11.6 Å². The quantitative estimate of drug-likeness (QED) is 0.535. The maximum atomic E-state index is 10.2. The fraction of sp³-hybridized carbons (Fsp3) is 0.500. The van der Waals surface area contributed by atoms with Gasteiger partial charge in [0, 0.05) is 23.6 Å². The fourth-order valence-corrected chi connectivity index (χ4v) is 3.33. The molecule has 124 valence electrons. The molecule has 1 saturated heterocycles. The average molecular weight is 368 g/mol. The molecule has 0 amide bonds. The molecule has 0 aromatic carbocycles. The number of nitrogen functional groups attached to an aromatic ring is 1. The first-order valence-electron chi connectivity index (χ1n) is 6.32. The lowest BCUT2D eigenvalue weighted by atomic mass is 10.0. The standard InChI is InChI=1S/C12H17N5O2S.2ClH/c1-20-3-6-10(18)11(19)8(17-6)5-2-14-9-7(5)15-4-16-12(9)13;;/h2,4,6,8,10-11,14,17-19H,3H2,1H3,(H2,13,15,16);2*1H/t6-,8+,10-,11+;;/m1../s1. The van der Waals surface area contributed by atoms with Crippen LogP contribution in [0.3, 0.4) is 0 Å². The first-order valence-corrected chi connectivity index (χ1v) is 7.71. The third-order valence-electron chi connectivity index (χ3n) is 3.70. The Balaban J connectivity index is 0.00000121. The number of hydrogen-bond acceptors (Lipinski definition) is 7. The fourth-order valence-electron chi connectivity index (χ4n) is 2.68. The lowest BCUT2D eigenvalue weighted by Crippen LogP contribution is -2.34. The molecule has 0 saturated carbocycles. The largest absolute Gasteiger partial charge is 0.389 e. The van der Waals surface area contributed by atoms with Crippen LogP contribution in [-0.2, 0) is 0 Å². The number of aliphatic hydroxyl groups excluding tert-OH is 2. The van der Waals surface area contributed by atoms with E-state index < -0.39 is 12.2 Å². The van der Waals surface area contributed by atoms with E-state index in [9.17, 15) is 10.2 Å². The van der Waals surface area contributed by atoms with E-state index in [-0.39, 0.29) is 36.9 Å². The molecule has 6 N–H and O–H groups in total. The van der Waals surface area contributed by atoms with Crippen molar-refractivity contribution in [2.24, 2.45) is 0 Å². The molecule has 2 aromatic heterocycles. The highest BCUT2D eigenvalue weighted by Gasteiger charge is 2.42. The van der Waals surface area contributed by atoms with Crippen molar-refractivity contribution in [3.63, 3.8) is 0 Å². The monoisotopic (exact) mass is 367 g/mol. The number of fused-ring (bicyclic) bond motifs is 1. The number of anilines is 1. The molecule has 1 aliphatic rings. The summed E-state index contributed by atoms with van der Waals surface area (Å²) in [5.41, 5.74) is 7.91. The molecule has 0 spiro atoms. The molecule has 3 heterocycles. The van der Waals surface area contributed by atoms with Crippen LogP contribution < -0.4 is 11.1 Å². The van der Waals surface area contributed by atoms with Crippen molar-refractivity contribution in [2.75, 3.05) is 17.7 Å². The number of nitrogens with one attached hydrogen (secondary N) is 2. The SMILES string of the molecule is CSC[C@H]1N[C@@H](c2c[nH]c3c(N)ncnc23)[C@H](O)[C@@H]1O.Cl.Cl. The van der Waals surface area contributed by atoms with Gasteiger partial charge in [0.25, 0.3) is 0 Å². The zero-order valence-electron chi connectivity index (χ0n) is 11.8. The molecule has 22 heavy (non-hydrogen) atoms. The summed E-state index contributed by atoms with van der Waals surface area (Å²) in [7, 11) is 0. The number of hydrogen-bond donors (Lipinski definition) is 5. The highest BCUT2D eigenvalue weighted by molar-refractivity contribution is 7.98. The van der Waals surface area contributed by atoms with E-state index in [1.807, 2.05) is 6.26 Å². The number of nitrogens with two attached hydrogens (primary N) is 1. The Bertz CT molecular complexity index is 629. The van der Waals surface area contributed by atoms with E-state index in [0.717, 1.165) is 11.3 Å². The van der Waals surface area contributed by atoms with Gasteiger partial charge in [-0.15, -0.1) is 24.8 Å². The number of halogens is 2. The maximum absolute atomic E-state index is 10.2. The Morgan fingerprint density at radius 1 is 1.27 bits per heavy atom. The molecular formula is C12H19Cl2N5O2S. The maximum Gasteiger partial charge on any atom is 0.151 e. The van der Waals surface area contributed by atoms with Crippen molar-refractivity contribution in [1.29, 1.82) is 0 Å². The highest BCUT2D eigenvalue weighted by atomic mass is 35.5. The Morgan fingerprint density at radius 3 is 2.68 bits per heavy atom. The summed E-state index contributed by atoms with van der Waals surface area (Å²) in [5, 5.41) is 23.6. The van der Waals surface area contributed by atoms with Crippen LogP contribution >= 0.6 is 36.6 Å². The van der Waals surface area contributed by atoms with E-state index >= 15 is 0 Å². The van der Waals surface area contributed by atoms with Crippen molar-refractivity contribution in [1.82, 2.24) is 20.3 Å². The van der Waals surface area contributed by atoms with Gasteiger partial charge >= 0.3 is 0 Å². The summed E-state index contributed by atoms with van der Waals surface area (Å²) in [6.45, 7) is 0. The molecule has 4 atom stereocenters. The molecule has 7 nitrogen and oxygen atoms in total. The minimum atomic E-state index is -0.873. The lowest BCUT2D eigenvalue weighted by molar-refractivity contribution is 0.0308. The summed E-state index contributed by atoms with van der Waals surface area (Å²) >= 11 is 1.62. The first kappa shape index (κ1) is 19.3. The van der Waals surface area contributed by atoms with Gasteiger partial charge < -0.3 is 26.2 Å². The summed E-state index contributed by atoms with van der Waals surface area (Å²) in [4.78, 5) is 11.2. The highest BCUT2D eigenvalue weighted by Crippen LogP contribution is 2.33. The van der Waals surface area contributed by atoms with Crippen molar-refractivity contribution >= 4 is 53.4 Å². The molecule has 0 aliphatic carbocycles. The topological polar surface area (TPSA) is 120 Å². The number of nitrogens with zero attached hydrogens (tertiary/aromatic N) is 2. The lowest BCUT2D eigenvalue weighted by Gasteiger charge is -2.14. The second-order valence-corrected chi connectivity index (χ2v) is 5.82. The van der Waals surface area contributed by atoms with Gasteiger partial charge in [-0.2, -0.15) is 11.8 Å². The van der Waals surface area contributed by atoms with Gasteiger partial charge in [-0.3, -0.25) is 0 Å². The molecule has 3 rings (SSSR count). The van der Waals surface area contributed by atoms with E-state index in [1.54, 1.807) is 18.0 Å². The summed E-state index contributed by atoms with van der Waals surface area (Å²) in [6.07, 6.45) is 3.45. The molecule has 1 aliphatic heterocycles. The van der Waals surface area contributed by atoms with Gasteiger partial charge in [-0.1, -0.05) is 0 Å². The predicted octanol–water partition coefficient (Wildman–Crippen LogP) is 0.481. The van der Waals surface area contributed by atoms with Gasteiger partial charge in [-0.25, -0.2) is 9.97 Å². The van der Waals surface area contributed by atoms with Crippen molar-refractivity contribution in [2.45, 2.75) is 24.3 Å². The average Bonchev–Trinajstić information content (AvgIpc) is 2.97. The molecule has 10 heteroatoms. The number of rotatable bonds is 3. The van der Waals surface area contributed by atoms with Crippen LogP contribution in [0, 0.1) is 0 Å². The van der Waals surface area contributed by atoms with Crippen LogP contribution in [0.4, 0.5) is 5.82 Å². The van der Waals surface area contributed by atoms with Crippen molar-refractivity contribution < 1.29 is 10.2 Å². The zero-order chi connectivity index (χ0) is 14.3. The first-order chi connectivity index (χ1) is 9.63. The number of H-pyrrole nitrogens is 1. The van der Waals surface area contributed by atoms with Gasteiger partial charge in [0.2, 0.25) is 0 Å². The molecule has 2 aromatic rings. The zero-order valence-corrected chi connectivity index (χ0v) is 14.2. The van der Waals surface area contributed by atoms with Gasteiger partial charge in [0.05, 0.1) is 17.7 Å². The molecule has 0 radical (unpaired) electrons. The van der Waals surface area contributed by atoms with Crippen LogP contribution in [-0.4, -0.2) is 55.4 Å². The number of aliphatic hydroxyl groups is 2. The normalized spacial score (nSPS) is 27.4. The van der Waals surface area contributed by atoms with E-state index in [0.29, 0.717) is 16.9 Å². The van der Waals surface area contributed by atoms with Crippen LogP contribution in [0.15, 0.2) is 12.5 Å². The minimum absolute atomic E-state index is 0. The third-order valence-corrected chi connectivity index (χ3v) is 4.39. The molecule has 0 unspecified atom stereocenters. The van der Waals surface area contributed by atoms with Crippen LogP contribution in [0.5, 0.6) is 0 Å². The second-order valence-electron chi connectivity index (χ2n) is 4.91. The van der Waals surface area contributed by atoms with Gasteiger partial charge in [0.15, 0.2) is 5.82 Å².